The molecule has 0 radical (unpaired) electrons. The van der Waals surface area contributed by atoms with E-state index in [4.69, 9.17) is 4.74 Å². The van der Waals surface area contributed by atoms with E-state index >= 15 is 0 Å². The molecule has 2 nitrogen and oxygen atoms in total. The quantitative estimate of drug-likeness (QED) is 0.270. The van der Waals surface area contributed by atoms with Crippen LogP contribution in [0.5, 0.6) is 0 Å². The SMILES string of the molecule is C=CC[Si](CC=C)(CC=C)COC(=O)C(=C)C. The lowest BCUT2D eigenvalue weighted by atomic mass is 10.4. The largest absolute Gasteiger partial charge is 0.466 e. The van der Waals surface area contributed by atoms with Crippen LogP contribution in [-0.4, -0.2) is 20.3 Å². The van der Waals surface area contributed by atoms with Crippen molar-refractivity contribution in [3.8, 4) is 0 Å². The van der Waals surface area contributed by atoms with Crippen LogP contribution >= 0.6 is 0 Å². The predicted molar refractivity (Wildman–Crippen MR) is 76.5 cm³/mol. The Kier molecular flexibility index (Phi) is 7.22. The molecule has 0 spiro atoms. The summed E-state index contributed by atoms with van der Waals surface area (Å²) in [7, 11) is -1.74. The van der Waals surface area contributed by atoms with E-state index in [-0.39, 0.29) is 5.97 Å². The summed E-state index contributed by atoms with van der Waals surface area (Å²) in [6, 6.07) is 2.69. The van der Waals surface area contributed by atoms with Gasteiger partial charge in [0.1, 0.15) is 8.07 Å². The zero-order valence-electron chi connectivity index (χ0n) is 10.7. The zero-order chi connectivity index (χ0) is 13.3. The minimum Gasteiger partial charge on any atom is -0.466 e. The normalized spacial score (nSPS) is 10.4. The average molecular weight is 250 g/mol. The third-order valence-corrected chi connectivity index (χ3v) is 6.81. The van der Waals surface area contributed by atoms with Gasteiger partial charge in [-0.2, -0.15) is 0 Å². The van der Waals surface area contributed by atoms with Gasteiger partial charge >= 0.3 is 5.97 Å². The number of allylic oxidation sites excluding steroid dienone is 3. The van der Waals surface area contributed by atoms with Crippen molar-refractivity contribution in [1.29, 1.82) is 0 Å². The van der Waals surface area contributed by atoms with E-state index in [2.05, 4.69) is 26.3 Å². The van der Waals surface area contributed by atoms with Crippen LogP contribution in [0.4, 0.5) is 0 Å². The van der Waals surface area contributed by atoms with Crippen LogP contribution in [0.15, 0.2) is 50.1 Å². The van der Waals surface area contributed by atoms with Crippen LogP contribution in [0.2, 0.25) is 18.1 Å². The van der Waals surface area contributed by atoms with Crippen LogP contribution in [0.3, 0.4) is 0 Å². The first-order valence-electron chi connectivity index (χ1n) is 5.66. The maximum atomic E-state index is 11.4. The smallest absolute Gasteiger partial charge is 0.332 e. The minimum absolute atomic E-state index is 0.320. The first kappa shape index (κ1) is 15.6. The van der Waals surface area contributed by atoms with Crippen molar-refractivity contribution >= 4 is 14.0 Å². The van der Waals surface area contributed by atoms with Gasteiger partial charge in [0, 0.05) is 5.57 Å². The molecule has 0 N–H and O–H groups in total. The number of hydrogen-bond acceptors (Lipinski definition) is 2. The molecular weight excluding hydrogens is 228 g/mol. The van der Waals surface area contributed by atoms with Crippen molar-refractivity contribution in [2.24, 2.45) is 0 Å². The number of carbonyl (C=O) groups is 1. The van der Waals surface area contributed by atoms with Gasteiger partial charge in [-0.3, -0.25) is 0 Å². The van der Waals surface area contributed by atoms with Crippen LogP contribution in [-0.2, 0) is 9.53 Å². The lowest BCUT2D eigenvalue weighted by molar-refractivity contribution is -0.137. The lowest BCUT2D eigenvalue weighted by Gasteiger charge is -2.27. The van der Waals surface area contributed by atoms with E-state index in [1.165, 1.54) is 0 Å². The first-order valence-corrected chi connectivity index (χ1v) is 8.49. The predicted octanol–water partition coefficient (Wildman–Crippen LogP) is 3.65. The van der Waals surface area contributed by atoms with Gasteiger partial charge in [-0.15, -0.1) is 19.7 Å². The molecule has 0 rings (SSSR count). The second-order valence-electron chi connectivity index (χ2n) is 4.33. The molecule has 0 unspecified atom stereocenters. The molecule has 0 amide bonds. The lowest BCUT2D eigenvalue weighted by Crippen LogP contribution is -2.39. The highest BCUT2D eigenvalue weighted by Gasteiger charge is 2.31. The number of carbonyl (C=O) groups excluding carboxylic acids is 1. The minimum atomic E-state index is -1.74. The van der Waals surface area contributed by atoms with Crippen LogP contribution in [0.25, 0.3) is 0 Å². The van der Waals surface area contributed by atoms with E-state index in [9.17, 15) is 4.79 Å². The fourth-order valence-corrected chi connectivity index (χ4v) is 4.82. The number of hydrogen-bond donors (Lipinski definition) is 0. The Labute approximate surface area is 105 Å². The second kappa shape index (κ2) is 7.85. The van der Waals surface area contributed by atoms with E-state index in [1.807, 2.05) is 18.2 Å². The van der Waals surface area contributed by atoms with Gasteiger partial charge in [-0.1, -0.05) is 24.8 Å². The maximum Gasteiger partial charge on any atom is 0.332 e. The summed E-state index contributed by atoms with van der Waals surface area (Å²) >= 11 is 0. The van der Waals surface area contributed by atoms with E-state index < -0.39 is 8.07 Å². The Hall–Kier alpha value is -1.35. The van der Waals surface area contributed by atoms with E-state index in [1.54, 1.807) is 6.92 Å². The van der Waals surface area contributed by atoms with Gasteiger partial charge in [0.05, 0.1) is 6.23 Å². The van der Waals surface area contributed by atoms with Crippen molar-refractivity contribution < 1.29 is 9.53 Å². The topological polar surface area (TPSA) is 26.3 Å². The van der Waals surface area contributed by atoms with Gasteiger partial charge in [-0.25, -0.2) is 4.79 Å². The molecule has 0 atom stereocenters. The number of ether oxygens (including phenoxy) is 1. The Morgan fingerprint density at radius 3 is 1.82 bits per heavy atom. The molecule has 0 saturated heterocycles. The van der Waals surface area contributed by atoms with E-state index in [0.717, 1.165) is 18.1 Å². The van der Waals surface area contributed by atoms with Gasteiger partial charge in [0.25, 0.3) is 0 Å². The molecule has 0 aliphatic carbocycles. The van der Waals surface area contributed by atoms with Gasteiger partial charge in [0.15, 0.2) is 0 Å². The number of rotatable bonds is 9. The molecule has 0 aromatic heterocycles. The molecule has 0 heterocycles. The third-order valence-electron chi connectivity index (χ3n) is 2.59. The standard InChI is InChI=1S/C14H22O2Si/c1-6-9-17(10-7-2,11-8-3)12-16-14(15)13(4)5/h6-8H,1-4,9-12H2,5H3. The summed E-state index contributed by atoms with van der Waals surface area (Å²) < 4.78 is 5.31. The monoisotopic (exact) mass is 250 g/mol. The molecule has 0 aliphatic heterocycles. The Balaban J connectivity index is 4.69. The Morgan fingerprint density at radius 1 is 1.12 bits per heavy atom. The molecule has 0 fully saturated rings. The summed E-state index contributed by atoms with van der Waals surface area (Å²) in [5, 5.41) is 0. The third kappa shape index (κ3) is 5.50. The van der Waals surface area contributed by atoms with Gasteiger partial charge in [0.2, 0.25) is 0 Å². The van der Waals surface area contributed by atoms with Gasteiger partial charge in [-0.05, 0) is 25.1 Å². The Bertz CT molecular complexity index is 292. The molecule has 17 heavy (non-hydrogen) atoms. The second-order valence-corrected chi connectivity index (χ2v) is 8.85. The van der Waals surface area contributed by atoms with Crippen LogP contribution in [0, 0.1) is 0 Å². The van der Waals surface area contributed by atoms with Crippen LogP contribution < -0.4 is 0 Å². The molecule has 0 bridgehead atoms. The van der Waals surface area contributed by atoms with Gasteiger partial charge < -0.3 is 4.74 Å². The average Bonchev–Trinajstić information content (AvgIpc) is 2.27. The molecular formula is C14H22O2Si. The fraction of sp³-hybridized carbons (Fsp3) is 0.357. The highest BCUT2D eigenvalue weighted by molar-refractivity contribution is 6.81. The van der Waals surface area contributed by atoms with E-state index in [0.29, 0.717) is 11.8 Å². The summed E-state index contributed by atoms with van der Waals surface area (Å²) in [6.07, 6.45) is 6.16. The number of esters is 1. The maximum absolute atomic E-state index is 11.4. The van der Waals surface area contributed by atoms with Crippen molar-refractivity contribution in [3.63, 3.8) is 0 Å². The summed E-state index contributed by atoms with van der Waals surface area (Å²) in [5.74, 6) is -0.320. The fourth-order valence-electron chi connectivity index (χ4n) is 1.69. The first-order chi connectivity index (χ1) is 8.01. The molecule has 0 saturated carbocycles. The highest BCUT2D eigenvalue weighted by atomic mass is 28.3. The molecule has 3 heteroatoms. The molecule has 0 aliphatic rings. The highest BCUT2D eigenvalue weighted by Crippen LogP contribution is 2.23. The van der Waals surface area contributed by atoms with Crippen molar-refractivity contribution in [3.05, 3.63) is 50.1 Å². The molecule has 0 aromatic rings. The van der Waals surface area contributed by atoms with Crippen molar-refractivity contribution in [1.82, 2.24) is 0 Å². The summed E-state index contributed by atoms with van der Waals surface area (Å²) in [6.45, 7) is 16.6. The zero-order valence-corrected chi connectivity index (χ0v) is 11.7. The summed E-state index contributed by atoms with van der Waals surface area (Å²) in [5.41, 5.74) is 0.434. The summed E-state index contributed by atoms with van der Waals surface area (Å²) in [4.78, 5) is 11.4. The van der Waals surface area contributed by atoms with Crippen molar-refractivity contribution in [2.75, 3.05) is 6.23 Å². The molecule has 94 valence electrons. The molecule has 0 aromatic carbocycles. The Morgan fingerprint density at radius 2 is 1.53 bits per heavy atom. The van der Waals surface area contributed by atoms with Crippen molar-refractivity contribution in [2.45, 2.75) is 25.1 Å². The van der Waals surface area contributed by atoms with Crippen LogP contribution in [0.1, 0.15) is 6.92 Å².